The summed E-state index contributed by atoms with van der Waals surface area (Å²) in [4.78, 5) is 57.3. The molecule has 0 aliphatic carbocycles. The summed E-state index contributed by atoms with van der Waals surface area (Å²) < 4.78 is 42.8. The fourth-order valence-electron chi connectivity index (χ4n) is 3.04. The molecule has 0 saturated carbocycles. The van der Waals surface area contributed by atoms with Crippen molar-refractivity contribution < 1.29 is 42.1 Å². The van der Waals surface area contributed by atoms with E-state index in [9.17, 15) is 47.8 Å². The third-order valence-electron chi connectivity index (χ3n) is 4.86. The fraction of sp³-hybridized carbons (Fsp3) is 0.0870. The summed E-state index contributed by atoms with van der Waals surface area (Å²) in [6, 6.07) is 10.9. The molecule has 1 N–H and O–H groups in total. The van der Waals surface area contributed by atoms with Crippen LogP contribution < -0.4 is 5.32 Å². The molecular formula is C23H14F3N3O8. The number of alkyl halides is 3. The Morgan fingerprint density at radius 1 is 0.865 bits per heavy atom. The van der Waals surface area contributed by atoms with Gasteiger partial charge in [-0.25, -0.2) is 4.79 Å². The fourth-order valence-corrected chi connectivity index (χ4v) is 3.04. The average Bonchev–Trinajstić information content (AvgIpc) is 2.86. The highest BCUT2D eigenvalue weighted by Crippen LogP contribution is 2.29. The van der Waals surface area contributed by atoms with Gasteiger partial charge in [0.2, 0.25) is 0 Å². The normalized spacial score (nSPS) is 10.9. The number of hydrogen-bond donors (Lipinski definition) is 1. The van der Waals surface area contributed by atoms with Crippen molar-refractivity contribution in [2.24, 2.45) is 0 Å². The second-order valence-electron chi connectivity index (χ2n) is 7.33. The molecule has 0 aliphatic heterocycles. The Morgan fingerprint density at radius 2 is 1.54 bits per heavy atom. The summed E-state index contributed by atoms with van der Waals surface area (Å²) in [6.45, 7) is -0.768. The molecule has 11 nitrogen and oxygen atoms in total. The molecule has 0 heterocycles. The third-order valence-corrected chi connectivity index (χ3v) is 4.86. The quantitative estimate of drug-likeness (QED) is 0.193. The number of non-ortho nitro benzene ring substituents is 1. The second-order valence-corrected chi connectivity index (χ2v) is 7.33. The van der Waals surface area contributed by atoms with Crippen molar-refractivity contribution in [1.29, 1.82) is 0 Å². The largest absolute Gasteiger partial charge is 0.454 e. The molecule has 0 aromatic heterocycles. The predicted octanol–water partition coefficient (Wildman–Crippen LogP) is 4.81. The third kappa shape index (κ3) is 6.50. The number of anilines is 1. The first-order chi connectivity index (χ1) is 17.4. The smallest absolute Gasteiger partial charge is 0.416 e. The van der Waals surface area contributed by atoms with Gasteiger partial charge in [-0.2, -0.15) is 13.2 Å². The van der Waals surface area contributed by atoms with Gasteiger partial charge < -0.3 is 10.1 Å². The zero-order valence-electron chi connectivity index (χ0n) is 18.4. The number of nitrogens with one attached hydrogen (secondary N) is 1. The van der Waals surface area contributed by atoms with Gasteiger partial charge >= 0.3 is 12.1 Å². The molecule has 0 saturated heterocycles. The number of ether oxygens (including phenoxy) is 1. The highest BCUT2D eigenvalue weighted by atomic mass is 19.4. The van der Waals surface area contributed by atoms with E-state index < -0.39 is 62.8 Å². The number of rotatable bonds is 8. The summed E-state index contributed by atoms with van der Waals surface area (Å²) in [5, 5.41) is 24.4. The first-order valence-electron chi connectivity index (χ1n) is 10.1. The lowest BCUT2D eigenvalue weighted by Crippen LogP contribution is -2.16. The Kier molecular flexibility index (Phi) is 7.61. The lowest BCUT2D eigenvalue weighted by Gasteiger charge is -2.09. The van der Waals surface area contributed by atoms with E-state index in [0.29, 0.717) is 6.07 Å². The van der Waals surface area contributed by atoms with Crippen molar-refractivity contribution in [3.05, 3.63) is 109 Å². The maximum Gasteiger partial charge on any atom is 0.416 e. The van der Waals surface area contributed by atoms with Crippen LogP contribution in [0.25, 0.3) is 0 Å². The van der Waals surface area contributed by atoms with Gasteiger partial charge in [0.05, 0.1) is 27.0 Å². The minimum atomic E-state index is -4.57. The minimum Gasteiger partial charge on any atom is -0.454 e. The van der Waals surface area contributed by atoms with Gasteiger partial charge in [0.15, 0.2) is 12.4 Å². The summed E-state index contributed by atoms with van der Waals surface area (Å²) in [7, 11) is 0. The zero-order valence-corrected chi connectivity index (χ0v) is 18.4. The number of hydrogen-bond acceptors (Lipinski definition) is 8. The minimum absolute atomic E-state index is 0.0150. The summed E-state index contributed by atoms with van der Waals surface area (Å²) >= 11 is 0. The molecule has 0 aliphatic rings. The van der Waals surface area contributed by atoms with Crippen molar-refractivity contribution in [2.45, 2.75) is 6.18 Å². The van der Waals surface area contributed by atoms with E-state index in [-0.39, 0.29) is 16.8 Å². The molecule has 3 rings (SSSR count). The number of esters is 1. The van der Waals surface area contributed by atoms with Gasteiger partial charge in [0.25, 0.3) is 17.3 Å². The van der Waals surface area contributed by atoms with E-state index >= 15 is 0 Å². The van der Waals surface area contributed by atoms with Gasteiger partial charge in [-0.05, 0) is 36.4 Å². The molecule has 0 bridgehead atoms. The van der Waals surface area contributed by atoms with Crippen LogP contribution >= 0.6 is 0 Å². The molecule has 3 aromatic rings. The standard InChI is InChI=1S/C23H14F3N3O8/c24-23(25,26)15-6-4-13(5-7-15)20(30)12-37-22(32)14-2-1-3-16(10-14)27-21(31)18-9-8-17(28(33)34)11-19(18)29(35)36/h1-11H,12H2,(H,27,31). The molecule has 0 spiro atoms. The summed E-state index contributed by atoms with van der Waals surface area (Å²) in [6.07, 6.45) is -4.57. The molecule has 37 heavy (non-hydrogen) atoms. The molecule has 0 radical (unpaired) electrons. The van der Waals surface area contributed by atoms with Gasteiger partial charge in [0.1, 0.15) is 5.56 Å². The van der Waals surface area contributed by atoms with Crippen molar-refractivity contribution in [2.75, 3.05) is 11.9 Å². The SMILES string of the molecule is O=C(COC(=O)c1cccc(NC(=O)c2ccc([N+](=O)[O-])cc2[N+](=O)[O-])c1)c1ccc(C(F)(F)F)cc1. The predicted molar refractivity (Wildman–Crippen MR) is 120 cm³/mol. The van der Waals surface area contributed by atoms with Crippen LogP contribution in [0.4, 0.5) is 30.2 Å². The summed E-state index contributed by atoms with van der Waals surface area (Å²) in [5.41, 5.74) is -3.00. The topological polar surface area (TPSA) is 159 Å². The number of halogens is 3. The Labute approximate surface area is 204 Å². The number of ketones is 1. The highest BCUT2D eigenvalue weighted by molar-refractivity contribution is 6.07. The van der Waals surface area contributed by atoms with E-state index in [1.807, 2.05) is 0 Å². The monoisotopic (exact) mass is 517 g/mol. The molecule has 0 unspecified atom stereocenters. The van der Waals surface area contributed by atoms with Gasteiger partial charge in [-0.1, -0.05) is 18.2 Å². The van der Waals surface area contributed by atoms with Crippen LogP contribution in [0, 0.1) is 20.2 Å². The zero-order chi connectivity index (χ0) is 27.3. The number of carbonyl (C=O) groups excluding carboxylic acids is 3. The average molecular weight is 517 g/mol. The lowest BCUT2D eigenvalue weighted by atomic mass is 10.1. The number of amides is 1. The maximum atomic E-state index is 12.6. The maximum absolute atomic E-state index is 12.6. The number of carbonyl (C=O) groups is 3. The Hall–Kier alpha value is -5.14. The van der Waals surface area contributed by atoms with E-state index in [1.165, 1.54) is 18.2 Å². The van der Waals surface area contributed by atoms with Gasteiger partial charge in [-0.15, -0.1) is 0 Å². The number of nitrogens with zero attached hydrogens (tertiary/aromatic N) is 2. The van der Waals surface area contributed by atoms with Crippen LogP contribution in [-0.4, -0.2) is 34.1 Å². The molecule has 0 atom stereocenters. The Balaban J connectivity index is 1.68. The number of benzene rings is 3. The van der Waals surface area contributed by atoms with E-state index in [2.05, 4.69) is 5.32 Å². The lowest BCUT2D eigenvalue weighted by molar-refractivity contribution is -0.394. The Morgan fingerprint density at radius 3 is 2.14 bits per heavy atom. The van der Waals surface area contributed by atoms with Crippen LogP contribution in [-0.2, 0) is 10.9 Å². The molecule has 190 valence electrons. The first-order valence-corrected chi connectivity index (χ1v) is 10.1. The van der Waals surface area contributed by atoms with Gasteiger partial charge in [0, 0.05) is 17.3 Å². The van der Waals surface area contributed by atoms with Crippen molar-refractivity contribution in [1.82, 2.24) is 0 Å². The van der Waals surface area contributed by atoms with Crippen LogP contribution in [0.3, 0.4) is 0 Å². The molecular weight excluding hydrogens is 503 g/mol. The number of Topliss-reactive ketones (excluding diaryl/α,β-unsaturated/α-hetero) is 1. The molecule has 0 fully saturated rings. The van der Waals surface area contributed by atoms with Crippen molar-refractivity contribution in [3.8, 4) is 0 Å². The van der Waals surface area contributed by atoms with E-state index in [0.717, 1.165) is 42.5 Å². The molecule has 14 heteroatoms. The molecule has 1 amide bonds. The Bertz CT molecular complexity index is 1410. The molecule has 3 aromatic carbocycles. The van der Waals surface area contributed by atoms with Crippen molar-refractivity contribution >= 4 is 34.7 Å². The summed E-state index contributed by atoms with van der Waals surface area (Å²) in [5.74, 6) is -2.72. The number of nitro benzene ring substituents is 2. The van der Waals surface area contributed by atoms with Crippen LogP contribution in [0.15, 0.2) is 66.7 Å². The van der Waals surface area contributed by atoms with E-state index in [1.54, 1.807) is 0 Å². The van der Waals surface area contributed by atoms with Gasteiger partial charge in [-0.3, -0.25) is 29.8 Å². The number of nitro groups is 2. The van der Waals surface area contributed by atoms with Crippen LogP contribution in [0.2, 0.25) is 0 Å². The van der Waals surface area contributed by atoms with Crippen LogP contribution in [0.5, 0.6) is 0 Å². The highest BCUT2D eigenvalue weighted by Gasteiger charge is 2.30. The second kappa shape index (κ2) is 10.6. The van der Waals surface area contributed by atoms with E-state index in [4.69, 9.17) is 4.74 Å². The van der Waals surface area contributed by atoms with Crippen LogP contribution in [0.1, 0.15) is 36.6 Å². The first kappa shape index (κ1) is 26.5. The van der Waals surface area contributed by atoms with Crippen molar-refractivity contribution in [3.63, 3.8) is 0 Å².